The van der Waals surface area contributed by atoms with Crippen LogP contribution in [-0.2, 0) is 6.42 Å². The maximum absolute atomic E-state index is 13.6. The predicted molar refractivity (Wildman–Crippen MR) is 90.9 cm³/mol. The molecule has 0 aliphatic rings. The molecule has 2 aromatic heterocycles. The van der Waals surface area contributed by atoms with Gasteiger partial charge in [0.1, 0.15) is 5.82 Å². The lowest BCUT2D eigenvalue weighted by atomic mass is 10.1. The summed E-state index contributed by atoms with van der Waals surface area (Å²) in [4.78, 5) is 21.9. The molecule has 128 valence electrons. The predicted octanol–water partition coefficient (Wildman–Crippen LogP) is 2.51. The van der Waals surface area contributed by atoms with E-state index in [-0.39, 0.29) is 11.8 Å². The Morgan fingerprint density at radius 3 is 2.76 bits per heavy atom. The van der Waals surface area contributed by atoms with Crippen molar-refractivity contribution in [1.82, 2.24) is 24.6 Å². The number of likely N-dealkylation sites (N-methyl/N-ethyl adjacent to an activating group) is 1. The van der Waals surface area contributed by atoms with E-state index in [2.05, 4.69) is 20.4 Å². The van der Waals surface area contributed by atoms with Crippen molar-refractivity contribution in [2.75, 3.05) is 18.9 Å². The average Bonchev–Trinajstić information content (AvgIpc) is 3.10. The van der Waals surface area contributed by atoms with Gasteiger partial charge in [-0.3, -0.25) is 0 Å². The molecule has 0 atom stereocenters. The number of carbonyl (C=O) groups excluding carboxylic acids is 1. The third kappa shape index (κ3) is 4.17. The number of rotatable bonds is 5. The van der Waals surface area contributed by atoms with Gasteiger partial charge in [-0.15, -0.1) is 0 Å². The van der Waals surface area contributed by atoms with Gasteiger partial charge >= 0.3 is 6.03 Å². The number of carbonyl (C=O) groups is 1. The van der Waals surface area contributed by atoms with E-state index < -0.39 is 0 Å². The maximum Gasteiger partial charge on any atom is 0.321 e. The van der Waals surface area contributed by atoms with E-state index in [1.54, 1.807) is 49.9 Å². The van der Waals surface area contributed by atoms with Crippen LogP contribution in [0.25, 0.3) is 5.95 Å². The quantitative estimate of drug-likeness (QED) is 0.774. The van der Waals surface area contributed by atoms with Crippen LogP contribution in [0.3, 0.4) is 0 Å². The smallest absolute Gasteiger partial charge is 0.321 e. The molecule has 7 nitrogen and oxygen atoms in total. The average molecular weight is 340 g/mol. The van der Waals surface area contributed by atoms with E-state index >= 15 is 0 Å². The minimum absolute atomic E-state index is 0.263. The van der Waals surface area contributed by atoms with E-state index in [0.717, 1.165) is 0 Å². The van der Waals surface area contributed by atoms with Crippen LogP contribution in [0.15, 0.2) is 55.1 Å². The molecule has 3 rings (SSSR count). The zero-order valence-corrected chi connectivity index (χ0v) is 13.6. The molecule has 0 radical (unpaired) electrons. The highest BCUT2D eigenvalue weighted by atomic mass is 19.1. The van der Waals surface area contributed by atoms with Crippen LogP contribution in [0.5, 0.6) is 0 Å². The lowest BCUT2D eigenvalue weighted by molar-refractivity contribution is 0.223. The Labute approximate surface area is 144 Å². The largest absolute Gasteiger partial charge is 0.327 e. The standard InChI is InChI=1S/C17H17FN6O/c1-23(10-7-13-5-2-3-6-15(13)18)17(25)22-14-11-21-24(12-14)16-19-8-4-9-20-16/h2-6,8-9,11-12H,7,10H2,1H3,(H,22,25). The molecule has 0 fully saturated rings. The van der Waals surface area contributed by atoms with E-state index in [1.165, 1.54) is 21.8 Å². The van der Waals surface area contributed by atoms with Crippen molar-refractivity contribution in [3.05, 3.63) is 66.5 Å². The number of nitrogens with zero attached hydrogens (tertiary/aromatic N) is 5. The molecule has 25 heavy (non-hydrogen) atoms. The van der Waals surface area contributed by atoms with E-state index in [9.17, 15) is 9.18 Å². The van der Waals surface area contributed by atoms with Gasteiger partial charge in [-0.1, -0.05) is 18.2 Å². The van der Waals surface area contributed by atoms with Gasteiger partial charge in [0.2, 0.25) is 5.95 Å². The number of halogens is 1. The van der Waals surface area contributed by atoms with Gasteiger partial charge in [-0.05, 0) is 24.1 Å². The van der Waals surface area contributed by atoms with Gasteiger partial charge < -0.3 is 10.2 Å². The Kier molecular flexibility index (Phi) is 4.98. The lowest BCUT2D eigenvalue weighted by Crippen LogP contribution is -2.33. The fourth-order valence-corrected chi connectivity index (χ4v) is 2.22. The second kappa shape index (κ2) is 7.52. The summed E-state index contributed by atoms with van der Waals surface area (Å²) in [7, 11) is 1.65. The first-order chi connectivity index (χ1) is 12.1. The first-order valence-corrected chi connectivity index (χ1v) is 7.71. The summed E-state index contributed by atoms with van der Waals surface area (Å²) in [5, 5.41) is 6.85. The van der Waals surface area contributed by atoms with E-state index in [1.807, 2.05) is 0 Å². The monoisotopic (exact) mass is 340 g/mol. The van der Waals surface area contributed by atoms with Crippen molar-refractivity contribution < 1.29 is 9.18 Å². The highest BCUT2D eigenvalue weighted by Gasteiger charge is 2.12. The number of urea groups is 1. The van der Waals surface area contributed by atoms with Gasteiger partial charge in [-0.25, -0.2) is 23.8 Å². The summed E-state index contributed by atoms with van der Waals surface area (Å²) >= 11 is 0. The number of hydrogen-bond donors (Lipinski definition) is 1. The summed E-state index contributed by atoms with van der Waals surface area (Å²) < 4.78 is 15.1. The van der Waals surface area contributed by atoms with Crippen LogP contribution < -0.4 is 5.32 Å². The topological polar surface area (TPSA) is 75.9 Å². The fourth-order valence-electron chi connectivity index (χ4n) is 2.22. The second-order valence-corrected chi connectivity index (χ2v) is 5.42. The van der Waals surface area contributed by atoms with Crippen molar-refractivity contribution in [2.45, 2.75) is 6.42 Å². The number of aromatic nitrogens is 4. The number of amides is 2. The van der Waals surface area contributed by atoms with Crippen LogP contribution in [-0.4, -0.2) is 44.3 Å². The van der Waals surface area contributed by atoms with Crippen LogP contribution in [0.1, 0.15) is 5.56 Å². The van der Waals surface area contributed by atoms with Gasteiger partial charge in [0.15, 0.2) is 0 Å². The molecular formula is C17H17FN6O. The minimum atomic E-state index is -0.301. The maximum atomic E-state index is 13.6. The first-order valence-electron chi connectivity index (χ1n) is 7.71. The Morgan fingerprint density at radius 1 is 1.24 bits per heavy atom. The third-order valence-electron chi connectivity index (χ3n) is 3.61. The Hall–Kier alpha value is -3.29. The second-order valence-electron chi connectivity index (χ2n) is 5.42. The van der Waals surface area contributed by atoms with Crippen molar-refractivity contribution >= 4 is 11.7 Å². The minimum Gasteiger partial charge on any atom is -0.327 e. The summed E-state index contributed by atoms with van der Waals surface area (Å²) in [6.45, 7) is 0.392. The highest BCUT2D eigenvalue weighted by molar-refractivity contribution is 5.88. The fraction of sp³-hybridized carbons (Fsp3) is 0.176. The first kappa shape index (κ1) is 16.6. The molecule has 0 aliphatic carbocycles. The molecule has 0 spiro atoms. The number of anilines is 1. The molecule has 0 unspecified atom stereocenters. The zero-order valence-electron chi connectivity index (χ0n) is 13.6. The summed E-state index contributed by atoms with van der Waals surface area (Å²) in [5.41, 5.74) is 1.10. The molecule has 2 heterocycles. The molecule has 0 saturated heterocycles. The molecule has 0 saturated carbocycles. The van der Waals surface area contributed by atoms with Crippen LogP contribution in [0.4, 0.5) is 14.9 Å². The van der Waals surface area contributed by atoms with E-state index in [4.69, 9.17) is 0 Å². The number of benzene rings is 1. The Morgan fingerprint density at radius 2 is 2.00 bits per heavy atom. The van der Waals surface area contributed by atoms with Crippen molar-refractivity contribution in [1.29, 1.82) is 0 Å². The summed E-state index contributed by atoms with van der Waals surface area (Å²) in [6.07, 6.45) is 6.79. The van der Waals surface area contributed by atoms with Crippen molar-refractivity contribution in [3.8, 4) is 5.95 Å². The Balaban J connectivity index is 1.57. The van der Waals surface area contributed by atoms with Crippen LogP contribution >= 0.6 is 0 Å². The summed E-state index contributed by atoms with van der Waals surface area (Å²) in [5.74, 6) is 0.149. The Bertz CT molecular complexity index is 851. The van der Waals surface area contributed by atoms with Gasteiger partial charge in [-0.2, -0.15) is 5.10 Å². The van der Waals surface area contributed by atoms with Crippen molar-refractivity contribution in [3.63, 3.8) is 0 Å². The lowest BCUT2D eigenvalue weighted by Gasteiger charge is -2.17. The molecule has 0 bridgehead atoms. The SMILES string of the molecule is CN(CCc1ccccc1F)C(=O)Nc1cnn(-c2ncccn2)c1. The molecule has 8 heteroatoms. The van der Waals surface area contributed by atoms with Crippen LogP contribution in [0.2, 0.25) is 0 Å². The molecule has 0 aliphatic heterocycles. The van der Waals surface area contributed by atoms with Crippen LogP contribution in [0, 0.1) is 5.82 Å². The van der Waals surface area contributed by atoms with Gasteiger partial charge in [0.25, 0.3) is 0 Å². The van der Waals surface area contributed by atoms with Gasteiger partial charge in [0, 0.05) is 26.0 Å². The summed E-state index contributed by atoms with van der Waals surface area (Å²) in [6, 6.07) is 7.95. The molecule has 3 aromatic rings. The zero-order chi connectivity index (χ0) is 17.6. The number of hydrogen-bond acceptors (Lipinski definition) is 4. The molecule has 1 N–H and O–H groups in total. The molecule has 1 aromatic carbocycles. The third-order valence-corrected chi connectivity index (χ3v) is 3.61. The number of nitrogens with one attached hydrogen (secondary N) is 1. The molecule has 2 amide bonds. The molecular weight excluding hydrogens is 323 g/mol. The van der Waals surface area contributed by atoms with E-state index in [0.29, 0.717) is 30.2 Å². The van der Waals surface area contributed by atoms with Gasteiger partial charge in [0.05, 0.1) is 18.1 Å². The van der Waals surface area contributed by atoms with Crippen molar-refractivity contribution in [2.24, 2.45) is 0 Å². The normalized spacial score (nSPS) is 10.5. The highest BCUT2D eigenvalue weighted by Crippen LogP contribution is 2.10.